The molecular formula is C65H116O6. The van der Waals surface area contributed by atoms with Gasteiger partial charge in [0.05, 0.1) is 0 Å². The SMILES string of the molecule is CCCCC/C=C\C/C=C\C/C=C\C/C=C\CCCCCC(=O)OC[C@@H](COC(=O)CCCCCCC/C=C\CCCCCCCC)OC(=O)CCCCCCCCCCCCCCCCCCCCC. The Morgan fingerprint density at radius 2 is 0.507 bits per heavy atom. The van der Waals surface area contributed by atoms with Crippen molar-refractivity contribution in [2.24, 2.45) is 0 Å². The third-order valence-corrected chi connectivity index (χ3v) is 13.5. The Morgan fingerprint density at radius 3 is 0.845 bits per heavy atom. The van der Waals surface area contributed by atoms with Crippen LogP contribution in [0.3, 0.4) is 0 Å². The second-order valence-corrected chi connectivity index (χ2v) is 20.6. The maximum atomic E-state index is 12.9. The van der Waals surface area contributed by atoms with Gasteiger partial charge in [0.25, 0.3) is 0 Å². The van der Waals surface area contributed by atoms with Crippen LogP contribution in [0, 0.1) is 0 Å². The molecular weight excluding hydrogens is 877 g/mol. The number of allylic oxidation sites excluding steroid dienone is 10. The van der Waals surface area contributed by atoms with Gasteiger partial charge in [0.1, 0.15) is 13.2 Å². The maximum Gasteiger partial charge on any atom is 0.306 e. The average molecular weight is 994 g/mol. The van der Waals surface area contributed by atoms with Crippen LogP contribution in [0.15, 0.2) is 60.8 Å². The molecule has 0 aliphatic carbocycles. The van der Waals surface area contributed by atoms with Crippen molar-refractivity contribution in [2.75, 3.05) is 13.2 Å². The van der Waals surface area contributed by atoms with Crippen LogP contribution in [0.4, 0.5) is 0 Å². The molecule has 0 aromatic carbocycles. The van der Waals surface area contributed by atoms with Crippen LogP contribution in [-0.4, -0.2) is 37.2 Å². The molecule has 0 aliphatic heterocycles. The van der Waals surface area contributed by atoms with Gasteiger partial charge in [0.2, 0.25) is 0 Å². The van der Waals surface area contributed by atoms with E-state index in [0.717, 1.165) is 89.9 Å². The molecule has 0 N–H and O–H groups in total. The molecule has 0 rings (SSSR count). The van der Waals surface area contributed by atoms with Gasteiger partial charge >= 0.3 is 17.9 Å². The van der Waals surface area contributed by atoms with Crippen molar-refractivity contribution in [1.29, 1.82) is 0 Å². The summed E-state index contributed by atoms with van der Waals surface area (Å²) in [5, 5.41) is 0. The normalized spacial score (nSPS) is 12.4. The van der Waals surface area contributed by atoms with Crippen molar-refractivity contribution in [2.45, 2.75) is 322 Å². The van der Waals surface area contributed by atoms with Gasteiger partial charge in [-0.05, 0) is 89.9 Å². The Bertz CT molecular complexity index is 1280. The fourth-order valence-electron chi connectivity index (χ4n) is 8.83. The molecule has 0 aliphatic rings. The zero-order valence-electron chi connectivity index (χ0n) is 47.2. The molecule has 0 spiro atoms. The van der Waals surface area contributed by atoms with Crippen LogP contribution < -0.4 is 0 Å². The first-order chi connectivity index (χ1) is 35.0. The van der Waals surface area contributed by atoms with Gasteiger partial charge < -0.3 is 14.2 Å². The van der Waals surface area contributed by atoms with Crippen LogP contribution in [0.25, 0.3) is 0 Å². The molecule has 71 heavy (non-hydrogen) atoms. The van der Waals surface area contributed by atoms with Crippen molar-refractivity contribution in [1.82, 2.24) is 0 Å². The summed E-state index contributed by atoms with van der Waals surface area (Å²) in [6, 6.07) is 0. The Morgan fingerprint density at radius 1 is 0.282 bits per heavy atom. The molecule has 0 unspecified atom stereocenters. The number of esters is 3. The molecule has 0 bridgehead atoms. The van der Waals surface area contributed by atoms with Crippen molar-refractivity contribution >= 4 is 17.9 Å². The Balaban J connectivity index is 4.41. The third kappa shape index (κ3) is 57.9. The molecule has 1 atom stereocenters. The molecule has 0 radical (unpaired) electrons. The highest BCUT2D eigenvalue weighted by atomic mass is 16.6. The minimum absolute atomic E-state index is 0.0861. The number of unbranched alkanes of at least 4 members (excludes halogenated alkanes) is 35. The summed E-state index contributed by atoms with van der Waals surface area (Å²) < 4.78 is 16.9. The van der Waals surface area contributed by atoms with Crippen molar-refractivity contribution < 1.29 is 28.6 Å². The van der Waals surface area contributed by atoms with Gasteiger partial charge in [-0.2, -0.15) is 0 Å². The van der Waals surface area contributed by atoms with Gasteiger partial charge in [-0.3, -0.25) is 14.4 Å². The lowest BCUT2D eigenvalue weighted by Crippen LogP contribution is -2.30. The van der Waals surface area contributed by atoms with Crippen molar-refractivity contribution in [3.8, 4) is 0 Å². The highest BCUT2D eigenvalue weighted by molar-refractivity contribution is 5.71. The Labute approximate surface area is 440 Å². The fourth-order valence-corrected chi connectivity index (χ4v) is 8.83. The second kappa shape index (κ2) is 59.7. The molecule has 0 heterocycles. The summed E-state index contributed by atoms with van der Waals surface area (Å²) in [6.45, 7) is 6.61. The average Bonchev–Trinajstić information content (AvgIpc) is 3.37. The molecule has 0 saturated heterocycles. The lowest BCUT2D eigenvalue weighted by molar-refractivity contribution is -0.167. The van der Waals surface area contributed by atoms with Crippen LogP contribution in [0.5, 0.6) is 0 Å². The van der Waals surface area contributed by atoms with E-state index in [0.29, 0.717) is 19.3 Å². The second-order valence-electron chi connectivity index (χ2n) is 20.6. The van der Waals surface area contributed by atoms with E-state index in [-0.39, 0.29) is 31.1 Å². The van der Waals surface area contributed by atoms with Crippen LogP contribution in [-0.2, 0) is 28.6 Å². The summed E-state index contributed by atoms with van der Waals surface area (Å²) in [5.74, 6) is -0.909. The Hall–Kier alpha value is -2.89. The van der Waals surface area contributed by atoms with Gasteiger partial charge in [0.15, 0.2) is 6.10 Å². The minimum atomic E-state index is -0.790. The van der Waals surface area contributed by atoms with Gasteiger partial charge in [-0.15, -0.1) is 0 Å². The minimum Gasteiger partial charge on any atom is -0.462 e. The van der Waals surface area contributed by atoms with Crippen molar-refractivity contribution in [3.63, 3.8) is 0 Å². The molecule has 6 nitrogen and oxygen atoms in total. The lowest BCUT2D eigenvalue weighted by atomic mass is 10.0. The largest absolute Gasteiger partial charge is 0.462 e. The van der Waals surface area contributed by atoms with Gasteiger partial charge in [-0.25, -0.2) is 0 Å². The molecule has 0 amide bonds. The topological polar surface area (TPSA) is 78.9 Å². The van der Waals surface area contributed by atoms with Gasteiger partial charge in [0, 0.05) is 19.3 Å². The number of carbonyl (C=O) groups is 3. The standard InChI is InChI=1S/C65H116O6/c1-4-7-10-13-16-19-22-25-28-30-32-34-37-40-43-46-49-52-55-58-64(67)70-61-62(60-69-63(66)57-54-51-48-45-42-39-36-27-24-21-18-15-12-9-6-3)71-65(68)59-56-53-50-47-44-41-38-35-33-31-29-26-23-20-17-14-11-8-5-2/h16,19,25,27-28,32,34,36,40,43,62H,4-15,17-18,20-24,26,29-31,33,35,37-39,41-42,44-61H2,1-3H3/b19-16-,28-25-,34-32-,36-27-,43-40-/t62-/m1/s1. The van der Waals surface area contributed by atoms with E-state index in [9.17, 15) is 14.4 Å². The van der Waals surface area contributed by atoms with Crippen LogP contribution in [0.2, 0.25) is 0 Å². The number of rotatable bonds is 56. The molecule has 0 saturated carbocycles. The molecule has 0 fully saturated rings. The van der Waals surface area contributed by atoms with Gasteiger partial charge in [-0.1, -0.05) is 268 Å². The first-order valence-corrected chi connectivity index (χ1v) is 30.8. The lowest BCUT2D eigenvalue weighted by Gasteiger charge is -2.18. The summed E-state index contributed by atoms with van der Waals surface area (Å²) in [6.07, 6.45) is 75.0. The highest BCUT2D eigenvalue weighted by Gasteiger charge is 2.19. The number of hydrogen-bond donors (Lipinski definition) is 0. The monoisotopic (exact) mass is 993 g/mol. The molecule has 0 aromatic rings. The van der Waals surface area contributed by atoms with Crippen molar-refractivity contribution in [3.05, 3.63) is 60.8 Å². The van der Waals surface area contributed by atoms with E-state index < -0.39 is 6.10 Å². The highest BCUT2D eigenvalue weighted by Crippen LogP contribution is 2.16. The molecule has 412 valence electrons. The quantitative estimate of drug-likeness (QED) is 0.0261. The first kappa shape index (κ1) is 68.1. The molecule has 0 aromatic heterocycles. The van der Waals surface area contributed by atoms with E-state index >= 15 is 0 Å². The van der Waals surface area contributed by atoms with Crippen LogP contribution >= 0.6 is 0 Å². The van der Waals surface area contributed by atoms with Crippen LogP contribution in [0.1, 0.15) is 316 Å². The summed E-state index contributed by atoms with van der Waals surface area (Å²) >= 11 is 0. The number of hydrogen-bond acceptors (Lipinski definition) is 6. The summed E-state index contributed by atoms with van der Waals surface area (Å²) in [7, 11) is 0. The fraction of sp³-hybridized carbons (Fsp3) is 0.800. The smallest absolute Gasteiger partial charge is 0.306 e. The zero-order chi connectivity index (χ0) is 51.4. The number of carbonyl (C=O) groups excluding carboxylic acids is 3. The number of ether oxygens (including phenoxy) is 3. The summed E-state index contributed by atoms with van der Waals surface area (Å²) in [5.41, 5.74) is 0. The first-order valence-electron chi connectivity index (χ1n) is 30.8. The van der Waals surface area contributed by atoms with E-state index in [4.69, 9.17) is 14.2 Å². The summed E-state index contributed by atoms with van der Waals surface area (Å²) in [4.78, 5) is 38.2. The predicted octanol–water partition coefficient (Wildman–Crippen LogP) is 20.8. The van der Waals surface area contributed by atoms with E-state index in [2.05, 4.69) is 81.5 Å². The van der Waals surface area contributed by atoms with E-state index in [1.165, 1.54) is 186 Å². The van der Waals surface area contributed by atoms with E-state index in [1.807, 2.05) is 0 Å². The third-order valence-electron chi connectivity index (χ3n) is 13.5. The Kier molecular flexibility index (Phi) is 57.2. The maximum absolute atomic E-state index is 12.9. The zero-order valence-corrected chi connectivity index (χ0v) is 47.2. The van der Waals surface area contributed by atoms with E-state index in [1.54, 1.807) is 0 Å². The predicted molar refractivity (Wildman–Crippen MR) is 307 cm³/mol. The molecule has 6 heteroatoms.